The summed E-state index contributed by atoms with van der Waals surface area (Å²) < 4.78 is 5.31. The fourth-order valence-electron chi connectivity index (χ4n) is 3.34. The third kappa shape index (κ3) is 3.27. The molecule has 2 unspecified atom stereocenters. The molecule has 21 heavy (non-hydrogen) atoms. The second-order valence-corrected chi connectivity index (χ2v) is 6.15. The van der Waals surface area contributed by atoms with Gasteiger partial charge in [-0.05, 0) is 37.1 Å². The minimum absolute atomic E-state index is 0.327. The van der Waals surface area contributed by atoms with E-state index in [1.165, 1.54) is 0 Å². The summed E-state index contributed by atoms with van der Waals surface area (Å²) in [4.78, 5) is 25.8. The molecule has 4 nitrogen and oxygen atoms in total. The molecule has 0 amide bonds. The molecule has 0 aliphatic carbocycles. The number of hydrogen-bond acceptors (Lipinski definition) is 4. The molecule has 1 aromatic carbocycles. The van der Waals surface area contributed by atoms with Gasteiger partial charge < -0.3 is 4.74 Å². The van der Waals surface area contributed by atoms with Crippen LogP contribution in [0.1, 0.15) is 36.0 Å². The van der Waals surface area contributed by atoms with Gasteiger partial charge in [0.05, 0.1) is 5.56 Å². The van der Waals surface area contributed by atoms with E-state index in [9.17, 15) is 9.59 Å². The van der Waals surface area contributed by atoms with Crippen molar-refractivity contribution in [3.8, 4) is 0 Å². The molecule has 3 rings (SSSR count). The highest BCUT2D eigenvalue weighted by Gasteiger charge is 2.39. The zero-order valence-electron chi connectivity index (χ0n) is 11.8. The first-order chi connectivity index (χ1) is 10.1. The average molecular weight is 308 g/mol. The zero-order chi connectivity index (χ0) is 14.8. The van der Waals surface area contributed by atoms with Crippen LogP contribution in [0.2, 0.25) is 5.02 Å². The fourth-order valence-corrected chi connectivity index (χ4v) is 3.47. The Labute approximate surface area is 129 Å². The summed E-state index contributed by atoms with van der Waals surface area (Å²) in [6.07, 6.45) is 3.48. The van der Waals surface area contributed by atoms with Crippen molar-refractivity contribution in [2.24, 2.45) is 0 Å². The maximum absolute atomic E-state index is 11.9. The van der Waals surface area contributed by atoms with E-state index in [0.29, 0.717) is 54.4 Å². The molecule has 2 atom stereocenters. The Kier molecular flexibility index (Phi) is 4.27. The standard InChI is InChI=1S/C16H18ClNO3/c17-12-3-1-11(2-4-12)16(20)21-8-7-18-13-5-6-14(18)10-15(19)9-13/h1-4,13-14H,5-10H2. The number of rotatable bonds is 4. The Morgan fingerprint density at radius 3 is 2.43 bits per heavy atom. The number of carbonyl (C=O) groups is 2. The summed E-state index contributed by atoms with van der Waals surface area (Å²) in [7, 11) is 0. The molecule has 5 heteroatoms. The van der Waals surface area contributed by atoms with E-state index in [4.69, 9.17) is 16.3 Å². The Hall–Kier alpha value is -1.39. The highest BCUT2D eigenvalue weighted by Crippen LogP contribution is 2.33. The van der Waals surface area contributed by atoms with E-state index in [2.05, 4.69) is 4.90 Å². The number of fused-ring (bicyclic) bond motifs is 2. The van der Waals surface area contributed by atoms with Crippen LogP contribution in [0.15, 0.2) is 24.3 Å². The van der Waals surface area contributed by atoms with Crippen molar-refractivity contribution in [1.29, 1.82) is 0 Å². The normalized spacial score (nSPS) is 25.1. The Balaban J connectivity index is 1.49. The van der Waals surface area contributed by atoms with Crippen LogP contribution in [-0.4, -0.2) is 41.9 Å². The van der Waals surface area contributed by atoms with Crippen molar-refractivity contribution >= 4 is 23.4 Å². The summed E-state index contributed by atoms with van der Waals surface area (Å²) in [5.41, 5.74) is 0.510. The van der Waals surface area contributed by atoms with Crippen LogP contribution in [0, 0.1) is 0 Å². The van der Waals surface area contributed by atoms with Crippen molar-refractivity contribution in [1.82, 2.24) is 4.90 Å². The predicted octanol–water partition coefficient (Wildman–Crippen LogP) is 2.69. The number of piperidine rings is 1. The first-order valence-electron chi connectivity index (χ1n) is 7.33. The van der Waals surface area contributed by atoms with Gasteiger partial charge in [-0.15, -0.1) is 0 Å². The fraction of sp³-hybridized carbons (Fsp3) is 0.500. The van der Waals surface area contributed by atoms with Gasteiger partial charge in [0.2, 0.25) is 0 Å². The molecular weight excluding hydrogens is 290 g/mol. The van der Waals surface area contributed by atoms with Gasteiger partial charge in [0, 0.05) is 36.5 Å². The third-order valence-electron chi connectivity index (χ3n) is 4.36. The monoisotopic (exact) mass is 307 g/mol. The van der Waals surface area contributed by atoms with Crippen LogP contribution < -0.4 is 0 Å². The Morgan fingerprint density at radius 2 is 1.81 bits per heavy atom. The van der Waals surface area contributed by atoms with Gasteiger partial charge in [-0.3, -0.25) is 9.69 Å². The number of ether oxygens (including phenoxy) is 1. The number of esters is 1. The molecule has 2 saturated heterocycles. The van der Waals surface area contributed by atoms with Gasteiger partial charge in [-0.2, -0.15) is 0 Å². The summed E-state index contributed by atoms with van der Waals surface area (Å²) >= 11 is 5.79. The lowest BCUT2D eigenvalue weighted by molar-refractivity contribution is -0.123. The second-order valence-electron chi connectivity index (χ2n) is 5.71. The minimum atomic E-state index is -0.327. The minimum Gasteiger partial charge on any atom is -0.461 e. The SMILES string of the molecule is O=C1CC2CCC(C1)N2CCOC(=O)c1ccc(Cl)cc1. The highest BCUT2D eigenvalue weighted by atomic mass is 35.5. The molecule has 2 heterocycles. The maximum atomic E-state index is 11.9. The van der Waals surface area contributed by atoms with Crippen LogP contribution >= 0.6 is 11.6 Å². The van der Waals surface area contributed by atoms with E-state index in [1.54, 1.807) is 24.3 Å². The summed E-state index contributed by atoms with van der Waals surface area (Å²) in [5, 5.41) is 0.598. The lowest BCUT2D eigenvalue weighted by atomic mass is 10.0. The van der Waals surface area contributed by atoms with Crippen LogP contribution in [0.4, 0.5) is 0 Å². The number of nitrogens with zero attached hydrogens (tertiary/aromatic N) is 1. The van der Waals surface area contributed by atoms with Gasteiger partial charge in [0.1, 0.15) is 12.4 Å². The third-order valence-corrected chi connectivity index (χ3v) is 4.61. The molecule has 0 N–H and O–H groups in total. The van der Waals surface area contributed by atoms with Gasteiger partial charge in [0.25, 0.3) is 0 Å². The Bertz CT molecular complexity index is 527. The summed E-state index contributed by atoms with van der Waals surface area (Å²) in [5.74, 6) is 0.0454. The van der Waals surface area contributed by atoms with Crippen LogP contribution in [0.3, 0.4) is 0 Å². The molecule has 112 valence electrons. The molecule has 2 aliphatic rings. The molecule has 0 aromatic heterocycles. The largest absolute Gasteiger partial charge is 0.461 e. The van der Waals surface area contributed by atoms with E-state index in [1.807, 2.05) is 0 Å². The number of ketones is 1. The van der Waals surface area contributed by atoms with Gasteiger partial charge in [0.15, 0.2) is 0 Å². The molecule has 2 aliphatic heterocycles. The van der Waals surface area contributed by atoms with Gasteiger partial charge in [-0.25, -0.2) is 4.79 Å². The molecule has 2 fully saturated rings. The predicted molar refractivity (Wildman–Crippen MR) is 79.5 cm³/mol. The topological polar surface area (TPSA) is 46.6 Å². The first-order valence-corrected chi connectivity index (χ1v) is 7.71. The van der Waals surface area contributed by atoms with E-state index < -0.39 is 0 Å². The van der Waals surface area contributed by atoms with E-state index in [-0.39, 0.29) is 5.97 Å². The molecule has 0 spiro atoms. The molecule has 1 aromatic rings. The Morgan fingerprint density at radius 1 is 1.19 bits per heavy atom. The smallest absolute Gasteiger partial charge is 0.338 e. The number of Topliss-reactive ketones (excluding diaryl/α,β-unsaturated/α-hetero) is 1. The molecular formula is C16H18ClNO3. The van der Waals surface area contributed by atoms with Crippen LogP contribution in [0.25, 0.3) is 0 Å². The van der Waals surface area contributed by atoms with E-state index >= 15 is 0 Å². The van der Waals surface area contributed by atoms with Crippen molar-refractivity contribution in [2.75, 3.05) is 13.2 Å². The summed E-state index contributed by atoms with van der Waals surface area (Å²) in [6.45, 7) is 1.07. The average Bonchev–Trinajstić information content (AvgIpc) is 2.70. The van der Waals surface area contributed by atoms with Crippen molar-refractivity contribution in [3.05, 3.63) is 34.9 Å². The molecule has 0 saturated carbocycles. The maximum Gasteiger partial charge on any atom is 0.338 e. The number of carbonyl (C=O) groups excluding carboxylic acids is 2. The van der Waals surface area contributed by atoms with Crippen molar-refractivity contribution in [3.63, 3.8) is 0 Å². The van der Waals surface area contributed by atoms with Crippen LogP contribution in [0.5, 0.6) is 0 Å². The highest BCUT2D eigenvalue weighted by molar-refractivity contribution is 6.30. The quantitative estimate of drug-likeness (QED) is 0.802. The van der Waals surface area contributed by atoms with Crippen LogP contribution in [-0.2, 0) is 9.53 Å². The van der Waals surface area contributed by atoms with E-state index in [0.717, 1.165) is 12.8 Å². The zero-order valence-corrected chi connectivity index (χ0v) is 12.5. The molecule has 2 bridgehead atoms. The van der Waals surface area contributed by atoms with Crippen molar-refractivity contribution in [2.45, 2.75) is 37.8 Å². The lowest BCUT2D eigenvalue weighted by Gasteiger charge is -2.33. The van der Waals surface area contributed by atoms with Gasteiger partial charge >= 0.3 is 5.97 Å². The number of hydrogen-bond donors (Lipinski definition) is 0. The first kappa shape index (κ1) is 14.5. The summed E-state index contributed by atoms with van der Waals surface area (Å²) in [6, 6.07) is 7.38. The number of halogens is 1. The molecule has 0 radical (unpaired) electrons. The van der Waals surface area contributed by atoms with Gasteiger partial charge in [-0.1, -0.05) is 11.6 Å². The van der Waals surface area contributed by atoms with Crippen molar-refractivity contribution < 1.29 is 14.3 Å². The second kappa shape index (κ2) is 6.16. The number of benzene rings is 1. The lowest BCUT2D eigenvalue weighted by Crippen LogP contribution is -2.44.